The van der Waals surface area contributed by atoms with Gasteiger partial charge in [0.15, 0.2) is 6.29 Å². The van der Waals surface area contributed by atoms with Gasteiger partial charge in [-0.15, -0.1) is 0 Å². The molecule has 0 aliphatic carbocycles. The first-order valence-electron chi connectivity index (χ1n) is 5.50. The van der Waals surface area contributed by atoms with Gasteiger partial charge in [-0.3, -0.25) is 0 Å². The second-order valence-corrected chi connectivity index (χ2v) is 4.00. The zero-order valence-electron chi connectivity index (χ0n) is 9.23. The van der Waals surface area contributed by atoms with Crippen molar-refractivity contribution in [3.63, 3.8) is 0 Å². The fourth-order valence-corrected chi connectivity index (χ4v) is 1.80. The van der Waals surface area contributed by atoms with Gasteiger partial charge in [-0.25, -0.2) is 8.78 Å². The van der Waals surface area contributed by atoms with Crippen molar-refractivity contribution < 1.29 is 23.4 Å². The van der Waals surface area contributed by atoms with Crippen molar-refractivity contribution in [3.05, 3.63) is 35.4 Å². The highest BCUT2D eigenvalue weighted by atomic mass is 19.1. The van der Waals surface area contributed by atoms with Crippen LogP contribution in [-0.2, 0) is 15.9 Å². The molecule has 1 atom stereocenters. The maximum atomic E-state index is 13.3. The van der Waals surface area contributed by atoms with Crippen molar-refractivity contribution in [3.8, 4) is 0 Å². The van der Waals surface area contributed by atoms with Gasteiger partial charge in [-0.1, -0.05) is 0 Å². The third kappa shape index (κ3) is 3.46. The molecule has 1 N–H and O–H groups in total. The average Bonchev–Trinajstić information content (AvgIpc) is 2.76. The van der Waals surface area contributed by atoms with Crippen LogP contribution in [0.4, 0.5) is 8.78 Å². The van der Waals surface area contributed by atoms with Crippen molar-refractivity contribution in [1.82, 2.24) is 0 Å². The van der Waals surface area contributed by atoms with Gasteiger partial charge in [0.1, 0.15) is 11.6 Å². The molecule has 0 amide bonds. The lowest BCUT2D eigenvalue weighted by atomic mass is 10.0. The SMILES string of the molecule is OC(Cc1cc(F)ccc1F)CC1OCCO1. The van der Waals surface area contributed by atoms with Crippen LogP contribution in [0.15, 0.2) is 18.2 Å². The van der Waals surface area contributed by atoms with Crippen LogP contribution in [0.3, 0.4) is 0 Å². The Bertz CT molecular complexity index is 378. The number of benzene rings is 1. The van der Waals surface area contributed by atoms with E-state index in [4.69, 9.17) is 9.47 Å². The first-order chi connectivity index (χ1) is 8.15. The molecule has 0 aromatic heterocycles. The highest BCUT2D eigenvalue weighted by molar-refractivity contribution is 5.19. The summed E-state index contributed by atoms with van der Waals surface area (Å²) in [7, 11) is 0. The minimum atomic E-state index is -0.811. The Labute approximate surface area is 98.0 Å². The number of aliphatic hydroxyl groups is 1. The van der Waals surface area contributed by atoms with Gasteiger partial charge >= 0.3 is 0 Å². The van der Waals surface area contributed by atoms with E-state index in [9.17, 15) is 13.9 Å². The Morgan fingerprint density at radius 3 is 2.71 bits per heavy atom. The minimum absolute atomic E-state index is 0.0484. The first kappa shape index (κ1) is 12.4. The quantitative estimate of drug-likeness (QED) is 0.875. The van der Waals surface area contributed by atoms with Crippen LogP contribution in [0.1, 0.15) is 12.0 Å². The fraction of sp³-hybridized carbons (Fsp3) is 0.500. The Hall–Kier alpha value is -1.04. The van der Waals surface area contributed by atoms with E-state index >= 15 is 0 Å². The van der Waals surface area contributed by atoms with E-state index in [1.54, 1.807) is 0 Å². The standard InChI is InChI=1S/C12H14F2O3/c13-9-1-2-11(14)8(5-9)6-10(15)7-12-16-3-4-17-12/h1-2,5,10,12,15H,3-4,6-7H2. The molecule has 0 spiro atoms. The summed E-state index contributed by atoms with van der Waals surface area (Å²) in [5.41, 5.74) is 0.162. The van der Waals surface area contributed by atoms with Crippen molar-refractivity contribution in [2.75, 3.05) is 13.2 Å². The molecule has 0 radical (unpaired) electrons. The van der Waals surface area contributed by atoms with E-state index in [0.29, 0.717) is 13.2 Å². The number of hydrogen-bond donors (Lipinski definition) is 1. The van der Waals surface area contributed by atoms with E-state index in [2.05, 4.69) is 0 Å². The molecule has 3 nitrogen and oxygen atoms in total. The van der Waals surface area contributed by atoms with Gasteiger partial charge in [0.2, 0.25) is 0 Å². The highest BCUT2D eigenvalue weighted by Crippen LogP contribution is 2.16. The Morgan fingerprint density at radius 2 is 2.00 bits per heavy atom. The molecule has 1 aromatic rings. The van der Waals surface area contributed by atoms with Crippen LogP contribution in [0, 0.1) is 11.6 Å². The summed E-state index contributed by atoms with van der Waals surface area (Å²) in [4.78, 5) is 0. The molecule has 0 bridgehead atoms. The lowest BCUT2D eigenvalue weighted by molar-refractivity contribution is -0.0699. The first-order valence-corrected chi connectivity index (χ1v) is 5.50. The fourth-order valence-electron chi connectivity index (χ4n) is 1.80. The van der Waals surface area contributed by atoms with Crippen molar-refractivity contribution in [1.29, 1.82) is 0 Å². The summed E-state index contributed by atoms with van der Waals surface area (Å²) in [6, 6.07) is 3.20. The average molecular weight is 244 g/mol. The second kappa shape index (κ2) is 5.53. The zero-order chi connectivity index (χ0) is 12.3. The lowest BCUT2D eigenvalue weighted by Crippen LogP contribution is -2.21. The summed E-state index contributed by atoms with van der Waals surface area (Å²) in [5.74, 6) is -1.03. The van der Waals surface area contributed by atoms with Crippen LogP contribution < -0.4 is 0 Å². The largest absolute Gasteiger partial charge is 0.393 e. The maximum Gasteiger partial charge on any atom is 0.160 e. The molecule has 1 aliphatic heterocycles. The summed E-state index contributed by atoms with van der Waals surface area (Å²) in [5, 5.41) is 9.73. The Balaban J connectivity index is 1.92. The van der Waals surface area contributed by atoms with E-state index in [0.717, 1.165) is 18.2 Å². The molecule has 1 aliphatic rings. The molecular formula is C12H14F2O3. The number of rotatable bonds is 4. The third-order valence-electron chi connectivity index (χ3n) is 2.62. The molecule has 1 saturated heterocycles. The molecule has 0 saturated carbocycles. The molecule has 1 fully saturated rings. The van der Waals surface area contributed by atoms with Gasteiger partial charge in [0.05, 0.1) is 19.3 Å². The highest BCUT2D eigenvalue weighted by Gasteiger charge is 2.21. The molecule has 17 heavy (non-hydrogen) atoms. The molecule has 2 rings (SSSR count). The van der Waals surface area contributed by atoms with Gasteiger partial charge < -0.3 is 14.6 Å². The number of halogens is 2. The van der Waals surface area contributed by atoms with Crippen LogP contribution in [0.2, 0.25) is 0 Å². The van der Waals surface area contributed by atoms with Gasteiger partial charge in [0, 0.05) is 12.8 Å². The Kier molecular flexibility index (Phi) is 4.04. The Morgan fingerprint density at radius 1 is 1.29 bits per heavy atom. The molecule has 94 valence electrons. The third-order valence-corrected chi connectivity index (χ3v) is 2.62. The van der Waals surface area contributed by atoms with E-state index in [1.165, 1.54) is 0 Å². The topological polar surface area (TPSA) is 38.7 Å². The van der Waals surface area contributed by atoms with Crippen LogP contribution >= 0.6 is 0 Å². The second-order valence-electron chi connectivity index (χ2n) is 4.00. The summed E-state index contributed by atoms with van der Waals surface area (Å²) in [6.07, 6.45) is -0.945. The molecule has 1 aromatic carbocycles. The lowest BCUT2D eigenvalue weighted by Gasteiger charge is -2.15. The monoisotopic (exact) mass is 244 g/mol. The molecule has 1 heterocycles. The molecular weight excluding hydrogens is 230 g/mol. The number of hydrogen-bond acceptors (Lipinski definition) is 3. The number of ether oxygens (including phenoxy) is 2. The molecule has 5 heteroatoms. The predicted molar refractivity (Wildman–Crippen MR) is 56.4 cm³/mol. The minimum Gasteiger partial charge on any atom is -0.393 e. The summed E-state index contributed by atoms with van der Waals surface area (Å²) < 4.78 is 36.5. The van der Waals surface area contributed by atoms with Crippen molar-refractivity contribution >= 4 is 0 Å². The van der Waals surface area contributed by atoms with Gasteiger partial charge in [-0.2, -0.15) is 0 Å². The maximum absolute atomic E-state index is 13.3. The van der Waals surface area contributed by atoms with E-state index in [1.807, 2.05) is 0 Å². The van der Waals surface area contributed by atoms with E-state index < -0.39 is 24.0 Å². The van der Waals surface area contributed by atoms with Crippen LogP contribution in [0.25, 0.3) is 0 Å². The van der Waals surface area contributed by atoms with E-state index in [-0.39, 0.29) is 18.4 Å². The summed E-state index contributed by atoms with van der Waals surface area (Å²) >= 11 is 0. The van der Waals surface area contributed by atoms with Gasteiger partial charge in [0.25, 0.3) is 0 Å². The van der Waals surface area contributed by atoms with Gasteiger partial charge in [-0.05, 0) is 23.8 Å². The van der Waals surface area contributed by atoms with Crippen LogP contribution in [0.5, 0.6) is 0 Å². The predicted octanol–water partition coefficient (Wildman–Crippen LogP) is 1.63. The normalized spacial score (nSPS) is 18.5. The summed E-state index contributed by atoms with van der Waals surface area (Å²) in [6.45, 7) is 1.01. The number of aliphatic hydroxyl groups excluding tert-OH is 1. The molecule has 1 unspecified atom stereocenters. The van der Waals surface area contributed by atoms with Crippen LogP contribution in [-0.4, -0.2) is 30.7 Å². The zero-order valence-corrected chi connectivity index (χ0v) is 9.23. The van der Waals surface area contributed by atoms with Crippen molar-refractivity contribution in [2.45, 2.75) is 25.2 Å². The smallest absolute Gasteiger partial charge is 0.160 e. The van der Waals surface area contributed by atoms with Crippen molar-refractivity contribution in [2.24, 2.45) is 0 Å².